The molecule has 0 saturated heterocycles. The van der Waals surface area contributed by atoms with E-state index in [0.717, 1.165) is 0 Å². The molecule has 1 aliphatic rings. The van der Waals surface area contributed by atoms with Gasteiger partial charge in [-0.25, -0.2) is 4.79 Å². The predicted molar refractivity (Wildman–Crippen MR) is 95.8 cm³/mol. The van der Waals surface area contributed by atoms with Crippen molar-refractivity contribution < 1.29 is 23.9 Å². The maximum absolute atomic E-state index is 12.5. The zero-order valence-corrected chi connectivity index (χ0v) is 14.8. The molecular weight excluding hydrogens is 334 g/mol. The molecule has 0 unspecified atom stereocenters. The Kier molecular flexibility index (Phi) is 4.50. The van der Waals surface area contributed by atoms with E-state index in [4.69, 9.17) is 4.74 Å². The lowest BCUT2D eigenvalue weighted by Gasteiger charge is -2.31. The fourth-order valence-electron chi connectivity index (χ4n) is 2.84. The highest BCUT2D eigenvalue weighted by Crippen LogP contribution is 2.33. The smallest absolute Gasteiger partial charge is 0.337 e. The van der Waals surface area contributed by atoms with Gasteiger partial charge in [0.1, 0.15) is 11.4 Å². The van der Waals surface area contributed by atoms with Crippen LogP contribution >= 0.6 is 0 Å². The highest BCUT2D eigenvalue weighted by Gasteiger charge is 2.32. The molecule has 1 N–H and O–H groups in total. The van der Waals surface area contributed by atoms with Gasteiger partial charge in [0.25, 0.3) is 5.91 Å². The van der Waals surface area contributed by atoms with Crippen LogP contribution in [-0.2, 0) is 4.74 Å². The van der Waals surface area contributed by atoms with Gasteiger partial charge in [-0.1, -0.05) is 6.07 Å². The van der Waals surface area contributed by atoms with Crippen molar-refractivity contribution in [1.29, 1.82) is 0 Å². The van der Waals surface area contributed by atoms with E-state index in [1.165, 1.54) is 19.2 Å². The Morgan fingerprint density at radius 2 is 1.88 bits per heavy atom. The monoisotopic (exact) mass is 353 g/mol. The zero-order valence-electron chi connectivity index (χ0n) is 14.8. The lowest BCUT2D eigenvalue weighted by molar-refractivity contribution is 0.0596. The van der Waals surface area contributed by atoms with Crippen LogP contribution in [0.15, 0.2) is 42.5 Å². The topological polar surface area (TPSA) is 81.7 Å². The van der Waals surface area contributed by atoms with Crippen molar-refractivity contribution in [3.8, 4) is 5.75 Å². The first-order valence-electron chi connectivity index (χ1n) is 8.15. The van der Waals surface area contributed by atoms with Crippen LogP contribution in [0.4, 0.5) is 5.69 Å². The molecule has 0 aliphatic carbocycles. The van der Waals surface area contributed by atoms with Crippen molar-refractivity contribution in [3.63, 3.8) is 0 Å². The number of Topliss-reactive ketones (excluding diaryl/α,β-unsaturated/α-hetero) is 1. The average Bonchev–Trinajstić information content (AvgIpc) is 2.60. The third-order valence-electron chi connectivity index (χ3n) is 4.06. The molecule has 6 nitrogen and oxygen atoms in total. The Bertz CT molecular complexity index is 901. The molecule has 6 heteroatoms. The molecule has 0 atom stereocenters. The number of hydrogen-bond acceptors (Lipinski definition) is 5. The van der Waals surface area contributed by atoms with E-state index in [1.54, 1.807) is 30.3 Å². The quantitative estimate of drug-likeness (QED) is 0.855. The molecule has 3 rings (SSSR count). The Morgan fingerprint density at radius 3 is 2.62 bits per heavy atom. The van der Waals surface area contributed by atoms with E-state index in [0.29, 0.717) is 28.1 Å². The van der Waals surface area contributed by atoms with Crippen molar-refractivity contribution in [2.24, 2.45) is 0 Å². The number of nitrogens with one attached hydrogen (secondary N) is 1. The minimum atomic E-state index is -0.553. The molecule has 0 spiro atoms. The molecular formula is C20H19NO5. The summed E-state index contributed by atoms with van der Waals surface area (Å²) in [4.78, 5) is 36.4. The Balaban J connectivity index is 1.83. The summed E-state index contributed by atoms with van der Waals surface area (Å²) < 4.78 is 10.5. The molecule has 0 fully saturated rings. The number of hydrogen-bond donors (Lipinski definition) is 1. The molecule has 2 aromatic rings. The highest BCUT2D eigenvalue weighted by atomic mass is 16.5. The average molecular weight is 353 g/mol. The summed E-state index contributed by atoms with van der Waals surface area (Å²) >= 11 is 0. The number of carbonyl (C=O) groups excluding carboxylic acids is 3. The third-order valence-corrected chi connectivity index (χ3v) is 4.06. The SMILES string of the molecule is COC(=O)c1cccc(NC(=O)c2ccc3c(c2)C(=O)CC(C)(C)O3)c1. The number of anilines is 1. The summed E-state index contributed by atoms with van der Waals surface area (Å²) in [5.74, 6) is -0.443. The van der Waals surface area contributed by atoms with Crippen molar-refractivity contribution in [2.45, 2.75) is 25.9 Å². The molecule has 0 saturated carbocycles. The molecule has 0 aromatic heterocycles. The first kappa shape index (κ1) is 17.7. The number of fused-ring (bicyclic) bond motifs is 1. The van der Waals surface area contributed by atoms with E-state index in [9.17, 15) is 14.4 Å². The van der Waals surface area contributed by atoms with Gasteiger partial charge in [0.05, 0.1) is 24.7 Å². The number of amides is 1. The molecule has 1 amide bonds. The molecule has 2 aromatic carbocycles. The normalized spacial score (nSPS) is 14.8. The Hall–Kier alpha value is -3.15. The first-order valence-corrected chi connectivity index (χ1v) is 8.15. The Labute approximate surface area is 151 Å². The van der Waals surface area contributed by atoms with E-state index in [1.807, 2.05) is 13.8 Å². The van der Waals surface area contributed by atoms with E-state index < -0.39 is 11.6 Å². The van der Waals surface area contributed by atoms with E-state index >= 15 is 0 Å². The van der Waals surface area contributed by atoms with Crippen LogP contribution in [0, 0.1) is 0 Å². The minimum Gasteiger partial charge on any atom is -0.487 e. The van der Waals surface area contributed by atoms with E-state index in [2.05, 4.69) is 10.1 Å². The van der Waals surface area contributed by atoms with Gasteiger partial charge in [-0.3, -0.25) is 9.59 Å². The number of benzene rings is 2. The fraction of sp³-hybridized carbons (Fsp3) is 0.250. The van der Waals surface area contributed by atoms with Gasteiger partial charge >= 0.3 is 5.97 Å². The molecule has 134 valence electrons. The third kappa shape index (κ3) is 3.59. The van der Waals surface area contributed by atoms with Crippen LogP contribution < -0.4 is 10.1 Å². The molecule has 1 heterocycles. The lowest BCUT2D eigenvalue weighted by Crippen LogP contribution is -2.36. The minimum absolute atomic E-state index is 0.0569. The molecule has 0 radical (unpaired) electrons. The van der Waals surface area contributed by atoms with Crippen LogP contribution in [0.3, 0.4) is 0 Å². The predicted octanol–water partition coefficient (Wildman–Crippen LogP) is 3.47. The van der Waals surface area contributed by atoms with Crippen LogP contribution in [0.2, 0.25) is 0 Å². The largest absolute Gasteiger partial charge is 0.487 e. The maximum atomic E-state index is 12.5. The van der Waals surface area contributed by atoms with Crippen molar-refractivity contribution in [1.82, 2.24) is 0 Å². The molecule has 0 bridgehead atoms. The summed E-state index contributed by atoms with van der Waals surface area (Å²) in [7, 11) is 1.29. The van der Waals surface area contributed by atoms with Gasteiger partial charge in [-0.05, 0) is 50.2 Å². The van der Waals surface area contributed by atoms with Gasteiger partial charge in [0, 0.05) is 11.3 Å². The Morgan fingerprint density at radius 1 is 1.12 bits per heavy atom. The second kappa shape index (κ2) is 6.63. The number of methoxy groups -OCH3 is 1. The van der Waals surface area contributed by atoms with Crippen LogP contribution in [0.25, 0.3) is 0 Å². The van der Waals surface area contributed by atoms with Gasteiger partial charge in [-0.2, -0.15) is 0 Å². The van der Waals surface area contributed by atoms with Crippen molar-refractivity contribution >= 4 is 23.3 Å². The second-order valence-electron chi connectivity index (χ2n) is 6.70. The van der Waals surface area contributed by atoms with E-state index in [-0.39, 0.29) is 18.1 Å². The zero-order chi connectivity index (χ0) is 18.9. The molecule has 1 aliphatic heterocycles. The van der Waals surface area contributed by atoms with Gasteiger partial charge in [-0.15, -0.1) is 0 Å². The summed E-state index contributed by atoms with van der Waals surface area (Å²) in [6, 6.07) is 11.2. The lowest BCUT2D eigenvalue weighted by atomic mass is 9.92. The number of ketones is 1. The number of rotatable bonds is 3. The standard InChI is InChI=1S/C20H19NO5/c1-20(2)11-16(22)15-10-12(7-8-17(15)26-20)18(23)21-14-6-4-5-13(9-14)19(24)25-3/h4-10H,11H2,1-3H3,(H,21,23). The number of ether oxygens (including phenoxy) is 2. The van der Waals surface area contributed by atoms with Crippen LogP contribution in [-0.4, -0.2) is 30.4 Å². The summed E-state index contributed by atoms with van der Waals surface area (Å²) in [5.41, 5.74) is 0.979. The van der Waals surface area contributed by atoms with Gasteiger partial charge in [0.15, 0.2) is 5.78 Å². The summed E-state index contributed by atoms with van der Waals surface area (Å²) in [5, 5.41) is 2.72. The number of esters is 1. The summed E-state index contributed by atoms with van der Waals surface area (Å²) in [6.07, 6.45) is 0.256. The molecule has 26 heavy (non-hydrogen) atoms. The van der Waals surface area contributed by atoms with Crippen molar-refractivity contribution in [3.05, 3.63) is 59.2 Å². The maximum Gasteiger partial charge on any atom is 0.337 e. The first-order chi connectivity index (χ1) is 12.3. The van der Waals surface area contributed by atoms with Crippen molar-refractivity contribution in [2.75, 3.05) is 12.4 Å². The van der Waals surface area contributed by atoms with Gasteiger partial charge in [0.2, 0.25) is 0 Å². The summed E-state index contributed by atoms with van der Waals surface area (Å²) in [6.45, 7) is 3.70. The van der Waals surface area contributed by atoms with Crippen LogP contribution in [0.5, 0.6) is 5.75 Å². The second-order valence-corrected chi connectivity index (χ2v) is 6.70. The number of carbonyl (C=O) groups is 3. The highest BCUT2D eigenvalue weighted by molar-refractivity contribution is 6.08. The van der Waals surface area contributed by atoms with Crippen LogP contribution in [0.1, 0.15) is 51.3 Å². The van der Waals surface area contributed by atoms with Gasteiger partial charge < -0.3 is 14.8 Å². The fourth-order valence-corrected chi connectivity index (χ4v) is 2.84.